The van der Waals surface area contributed by atoms with Crippen LogP contribution in [-0.2, 0) is 0 Å². The maximum Gasteiger partial charge on any atom is 0.141 e. The predicted octanol–water partition coefficient (Wildman–Crippen LogP) is 1.70. The highest BCUT2D eigenvalue weighted by Gasteiger charge is 2.16. The third kappa shape index (κ3) is 1.68. The Hall–Kier alpha value is -1.22. The number of nitrogens with one attached hydrogen (secondary N) is 1. The third-order valence-corrected chi connectivity index (χ3v) is 2.72. The van der Waals surface area contributed by atoms with Gasteiger partial charge in [0.1, 0.15) is 5.75 Å². The first-order chi connectivity index (χ1) is 6.81. The lowest BCUT2D eigenvalue weighted by atomic mass is 10.0. The Morgan fingerprint density at radius 1 is 1.50 bits per heavy atom. The van der Waals surface area contributed by atoms with E-state index in [0.29, 0.717) is 6.04 Å². The molecular formula is C11H16N2O. The first-order valence-electron chi connectivity index (χ1n) is 4.98. The number of nitrogens with two attached hydrogens (primary N) is 1. The lowest BCUT2D eigenvalue weighted by Crippen LogP contribution is -2.13. The van der Waals surface area contributed by atoms with Crippen molar-refractivity contribution in [3.63, 3.8) is 0 Å². The molecule has 14 heavy (non-hydrogen) atoms. The van der Waals surface area contributed by atoms with E-state index in [2.05, 4.69) is 11.4 Å². The Balaban J connectivity index is 2.23. The van der Waals surface area contributed by atoms with Crippen LogP contribution in [0.25, 0.3) is 0 Å². The molecule has 76 valence electrons. The molecule has 1 aromatic carbocycles. The van der Waals surface area contributed by atoms with E-state index in [1.165, 1.54) is 18.4 Å². The molecular weight excluding hydrogens is 176 g/mol. The summed E-state index contributed by atoms with van der Waals surface area (Å²) in [5, 5.41) is 3.44. The van der Waals surface area contributed by atoms with Crippen LogP contribution in [0.15, 0.2) is 18.2 Å². The third-order valence-electron chi connectivity index (χ3n) is 2.72. The first kappa shape index (κ1) is 9.34. The average Bonchev–Trinajstić information content (AvgIpc) is 2.70. The molecule has 0 bridgehead atoms. The normalized spacial score (nSPS) is 21.1. The molecule has 2 rings (SSSR count). The van der Waals surface area contributed by atoms with Crippen LogP contribution in [0, 0.1) is 0 Å². The number of hydrogen-bond donors (Lipinski definition) is 2. The smallest absolute Gasteiger partial charge is 0.141 e. The molecule has 1 aliphatic heterocycles. The highest BCUT2D eigenvalue weighted by molar-refractivity contribution is 5.54. The Morgan fingerprint density at radius 2 is 2.36 bits per heavy atom. The van der Waals surface area contributed by atoms with Gasteiger partial charge in [-0.2, -0.15) is 0 Å². The van der Waals surface area contributed by atoms with Gasteiger partial charge in [0.05, 0.1) is 12.8 Å². The van der Waals surface area contributed by atoms with Gasteiger partial charge in [0.25, 0.3) is 0 Å². The van der Waals surface area contributed by atoms with Crippen molar-refractivity contribution in [1.82, 2.24) is 5.32 Å². The molecule has 0 unspecified atom stereocenters. The highest BCUT2D eigenvalue weighted by atomic mass is 16.5. The number of nitrogen functional groups attached to an aromatic ring is 1. The van der Waals surface area contributed by atoms with Gasteiger partial charge >= 0.3 is 0 Å². The highest BCUT2D eigenvalue weighted by Crippen LogP contribution is 2.28. The predicted molar refractivity (Wildman–Crippen MR) is 57.4 cm³/mol. The molecule has 1 aliphatic rings. The molecule has 0 saturated carbocycles. The van der Waals surface area contributed by atoms with Gasteiger partial charge in [0, 0.05) is 6.04 Å². The zero-order valence-electron chi connectivity index (χ0n) is 8.42. The molecule has 0 radical (unpaired) electrons. The number of hydrogen-bond acceptors (Lipinski definition) is 3. The molecule has 3 heteroatoms. The minimum Gasteiger partial charge on any atom is -0.495 e. The molecule has 3 nitrogen and oxygen atoms in total. The lowest BCUT2D eigenvalue weighted by molar-refractivity contribution is 0.416. The quantitative estimate of drug-likeness (QED) is 0.701. The van der Waals surface area contributed by atoms with Crippen molar-refractivity contribution in [2.75, 3.05) is 19.4 Å². The van der Waals surface area contributed by atoms with E-state index in [1.54, 1.807) is 7.11 Å². The van der Waals surface area contributed by atoms with E-state index >= 15 is 0 Å². The summed E-state index contributed by atoms with van der Waals surface area (Å²) in [7, 11) is 1.64. The standard InChI is InChI=1S/C11H16N2O/c1-14-11-5-4-8(7-9(11)12)10-3-2-6-13-10/h4-5,7,10,13H,2-3,6,12H2,1H3/t10-/m1/s1. The molecule has 1 saturated heterocycles. The molecule has 0 aliphatic carbocycles. The summed E-state index contributed by atoms with van der Waals surface area (Å²) in [6.07, 6.45) is 2.45. The Morgan fingerprint density at radius 3 is 2.93 bits per heavy atom. The van der Waals surface area contributed by atoms with Crippen LogP contribution in [0.4, 0.5) is 5.69 Å². The van der Waals surface area contributed by atoms with Gasteiger partial charge in [-0.3, -0.25) is 0 Å². The van der Waals surface area contributed by atoms with Crippen molar-refractivity contribution in [1.29, 1.82) is 0 Å². The topological polar surface area (TPSA) is 47.3 Å². The summed E-state index contributed by atoms with van der Waals surface area (Å²) in [4.78, 5) is 0. The molecule has 1 fully saturated rings. The van der Waals surface area contributed by atoms with E-state index in [1.807, 2.05) is 12.1 Å². The van der Waals surface area contributed by atoms with Crippen molar-refractivity contribution in [3.05, 3.63) is 23.8 Å². The van der Waals surface area contributed by atoms with Gasteiger partial charge in [-0.15, -0.1) is 0 Å². The van der Waals surface area contributed by atoms with Crippen molar-refractivity contribution in [2.45, 2.75) is 18.9 Å². The van der Waals surface area contributed by atoms with E-state index in [0.717, 1.165) is 18.0 Å². The van der Waals surface area contributed by atoms with Crippen LogP contribution in [0.5, 0.6) is 5.75 Å². The first-order valence-corrected chi connectivity index (χ1v) is 4.98. The van der Waals surface area contributed by atoms with Gasteiger partial charge in [-0.25, -0.2) is 0 Å². The monoisotopic (exact) mass is 192 g/mol. The second-order valence-electron chi connectivity index (χ2n) is 3.65. The van der Waals surface area contributed by atoms with Crippen LogP contribution >= 0.6 is 0 Å². The minimum absolute atomic E-state index is 0.475. The van der Waals surface area contributed by atoms with Gasteiger partial charge in [-0.1, -0.05) is 6.07 Å². The molecule has 1 heterocycles. The van der Waals surface area contributed by atoms with Crippen LogP contribution in [0.1, 0.15) is 24.4 Å². The Labute approximate surface area is 84.3 Å². The fourth-order valence-corrected chi connectivity index (χ4v) is 1.94. The molecule has 0 amide bonds. The zero-order chi connectivity index (χ0) is 9.97. The fraction of sp³-hybridized carbons (Fsp3) is 0.455. The van der Waals surface area contributed by atoms with Gasteiger partial charge < -0.3 is 15.8 Å². The summed E-state index contributed by atoms with van der Waals surface area (Å²) < 4.78 is 5.12. The number of methoxy groups -OCH3 is 1. The largest absolute Gasteiger partial charge is 0.495 e. The Bertz CT molecular complexity index is 319. The maximum absolute atomic E-state index is 5.85. The van der Waals surface area contributed by atoms with Crippen LogP contribution in [0.2, 0.25) is 0 Å². The second kappa shape index (κ2) is 3.88. The van der Waals surface area contributed by atoms with Crippen molar-refractivity contribution in [3.8, 4) is 5.75 Å². The van der Waals surface area contributed by atoms with Crippen molar-refractivity contribution in [2.24, 2.45) is 0 Å². The van der Waals surface area contributed by atoms with Gasteiger partial charge in [0.15, 0.2) is 0 Å². The van der Waals surface area contributed by atoms with Crippen LogP contribution in [-0.4, -0.2) is 13.7 Å². The zero-order valence-corrected chi connectivity index (χ0v) is 8.42. The van der Waals surface area contributed by atoms with E-state index in [4.69, 9.17) is 10.5 Å². The minimum atomic E-state index is 0.475. The molecule has 1 atom stereocenters. The van der Waals surface area contributed by atoms with Crippen molar-refractivity contribution >= 4 is 5.69 Å². The second-order valence-corrected chi connectivity index (χ2v) is 3.65. The number of anilines is 1. The summed E-state index contributed by atoms with van der Waals surface area (Å²) in [6, 6.07) is 6.49. The molecule has 0 aromatic heterocycles. The summed E-state index contributed by atoms with van der Waals surface area (Å²) in [6.45, 7) is 1.11. The number of benzene rings is 1. The van der Waals surface area contributed by atoms with Gasteiger partial charge in [0.2, 0.25) is 0 Å². The number of ether oxygens (including phenoxy) is 1. The molecule has 3 N–H and O–H groups in total. The molecule has 0 spiro atoms. The Kier molecular flexibility index (Phi) is 2.59. The summed E-state index contributed by atoms with van der Waals surface area (Å²) >= 11 is 0. The van der Waals surface area contributed by atoms with Gasteiger partial charge in [-0.05, 0) is 37.1 Å². The SMILES string of the molecule is COc1ccc([C@H]2CCCN2)cc1N. The summed E-state index contributed by atoms with van der Waals surface area (Å²) in [5.74, 6) is 0.756. The van der Waals surface area contributed by atoms with Crippen LogP contribution in [0.3, 0.4) is 0 Å². The maximum atomic E-state index is 5.85. The van der Waals surface area contributed by atoms with E-state index in [-0.39, 0.29) is 0 Å². The van der Waals surface area contributed by atoms with Crippen LogP contribution < -0.4 is 15.8 Å². The van der Waals surface area contributed by atoms with E-state index in [9.17, 15) is 0 Å². The fourth-order valence-electron chi connectivity index (χ4n) is 1.94. The van der Waals surface area contributed by atoms with Crippen molar-refractivity contribution < 1.29 is 4.74 Å². The molecule has 1 aromatic rings. The summed E-state index contributed by atoms with van der Waals surface area (Å²) in [5.41, 5.74) is 7.83. The number of rotatable bonds is 2. The average molecular weight is 192 g/mol. The lowest BCUT2D eigenvalue weighted by Gasteiger charge is -2.12. The van der Waals surface area contributed by atoms with E-state index < -0.39 is 0 Å².